The molecule has 7 heteroatoms. The summed E-state index contributed by atoms with van der Waals surface area (Å²) in [5, 5.41) is -0.0117. The van der Waals surface area contributed by atoms with Gasteiger partial charge in [0.15, 0.2) is 0 Å². The third-order valence-electron chi connectivity index (χ3n) is 2.46. The Morgan fingerprint density at radius 1 is 1.05 bits per heavy atom. The molecule has 0 aliphatic carbocycles. The van der Waals surface area contributed by atoms with Crippen molar-refractivity contribution in [1.29, 1.82) is 0 Å². The number of benzene rings is 1. The van der Waals surface area contributed by atoms with Gasteiger partial charge in [0, 0.05) is 10.6 Å². The molecular formula is C12H7Cl2F3N2. The van der Waals surface area contributed by atoms with Gasteiger partial charge in [-0.1, -0.05) is 23.7 Å². The van der Waals surface area contributed by atoms with Gasteiger partial charge in [0.25, 0.3) is 0 Å². The van der Waals surface area contributed by atoms with Gasteiger partial charge in [-0.15, -0.1) is 0 Å². The van der Waals surface area contributed by atoms with Crippen LogP contribution in [0.25, 0.3) is 11.3 Å². The highest BCUT2D eigenvalue weighted by atomic mass is 35.5. The highest BCUT2D eigenvalue weighted by Gasteiger charge is 2.33. The second-order valence-electron chi connectivity index (χ2n) is 3.87. The summed E-state index contributed by atoms with van der Waals surface area (Å²) >= 11 is 11.5. The van der Waals surface area contributed by atoms with E-state index in [0.717, 1.165) is 11.6 Å². The number of hydrogen-bond acceptors (Lipinski definition) is 2. The van der Waals surface area contributed by atoms with E-state index in [-0.39, 0.29) is 5.69 Å². The average molecular weight is 307 g/mol. The maximum Gasteiger partial charge on any atom is 0.433 e. The monoisotopic (exact) mass is 306 g/mol. The first-order chi connectivity index (χ1) is 8.77. The van der Waals surface area contributed by atoms with Crippen LogP contribution >= 0.6 is 23.2 Å². The van der Waals surface area contributed by atoms with Gasteiger partial charge >= 0.3 is 6.18 Å². The molecule has 0 unspecified atom stereocenters. The minimum Gasteiger partial charge on any atom is -0.218 e. The molecule has 1 heterocycles. The van der Waals surface area contributed by atoms with E-state index in [1.807, 2.05) is 0 Å². The molecule has 0 atom stereocenters. The fourth-order valence-electron chi connectivity index (χ4n) is 1.46. The number of hydrogen-bond donors (Lipinski definition) is 0. The molecule has 0 saturated carbocycles. The van der Waals surface area contributed by atoms with Crippen molar-refractivity contribution >= 4 is 23.2 Å². The van der Waals surface area contributed by atoms with E-state index in [1.54, 1.807) is 19.1 Å². The van der Waals surface area contributed by atoms with Gasteiger partial charge in [-0.2, -0.15) is 13.2 Å². The lowest BCUT2D eigenvalue weighted by Crippen LogP contribution is -2.09. The molecule has 0 N–H and O–H groups in total. The Bertz CT molecular complexity index is 627. The van der Waals surface area contributed by atoms with Gasteiger partial charge in [0.2, 0.25) is 5.28 Å². The van der Waals surface area contributed by atoms with Crippen LogP contribution in [-0.2, 0) is 6.18 Å². The predicted octanol–water partition coefficient (Wildman–Crippen LogP) is 4.78. The van der Waals surface area contributed by atoms with Crippen LogP contribution in [0, 0.1) is 6.92 Å². The third-order valence-corrected chi connectivity index (χ3v) is 3.03. The van der Waals surface area contributed by atoms with Crippen molar-refractivity contribution in [2.75, 3.05) is 0 Å². The normalized spacial score (nSPS) is 11.7. The fourth-order valence-corrected chi connectivity index (χ4v) is 1.83. The second kappa shape index (κ2) is 4.98. The molecule has 0 fully saturated rings. The van der Waals surface area contributed by atoms with Crippen molar-refractivity contribution in [3.63, 3.8) is 0 Å². The Kier molecular flexibility index (Phi) is 3.69. The van der Waals surface area contributed by atoms with E-state index in [2.05, 4.69) is 9.97 Å². The van der Waals surface area contributed by atoms with E-state index in [9.17, 15) is 13.2 Å². The van der Waals surface area contributed by atoms with Crippen LogP contribution in [0.3, 0.4) is 0 Å². The van der Waals surface area contributed by atoms with E-state index in [4.69, 9.17) is 23.2 Å². The summed E-state index contributed by atoms with van der Waals surface area (Å²) in [4.78, 5) is 6.95. The molecule has 1 aromatic heterocycles. The zero-order chi connectivity index (χ0) is 14.2. The molecule has 2 nitrogen and oxygen atoms in total. The average Bonchev–Trinajstić information content (AvgIpc) is 2.31. The fraction of sp³-hybridized carbons (Fsp3) is 0.167. The lowest BCUT2D eigenvalue weighted by Gasteiger charge is -2.09. The van der Waals surface area contributed by atoms with Gasteiger partial charge < -0.3 is 0 Å². The van der Waals surface area contributed by atoms with Crippen molar-refractivity contribution in [3.8, 4) is 11.3 Å². The highest BCUT2D eigenvalue weighted by Crippen LogP contribution is 2.32. The molecule has 0 saturated heterocycles. The quantitative estimate of drug-likeness (QED) is 0.709. The molecule has 0 bridgehead atoms. The Morgan fingerprint density at radius 3 is 2.32 bits per heavy atom. The lowest BCUT2D eigenvalue weighted by atomic mass is 10.1. The van der Waals surface area contributed by atoms with E-state index in [1.165, 1.54) is 6.07 Å². The molecule has 1 aromatic carbocycles. The van der Waals surface area contributed by atoms with E-state index < -0.39 is 17.2 Å². The van der Waals surface area contributed by atoms with Crippen LogP contribution in [0.5, 0.6) is 0 Å². The smallest absolute Gasteiger partial charge is 0.218 e. The molecule has 0 aliphatic heterocycles. The zero-order valence-corrected chi connectivity index (χ0v) is 11.1. The minimum absolute atomic E-state index is 0.0780. The summed E-state index contributed by atoms with van der Waals surface area (Å²) in [6.07, 6.45) is -4.57. The van der Waals surface area contributed by atoms with Crippen molar-refractivity contribution in [1.82, 2.24) is 9.97 Å². The first kappa shape index (κ1) is 14.1. The number of halogens is 5. The van der Waals surface area contributed by atoms with Crippen LogP contribution in [0.15, 0.2) is 24.3 Å². The summed E-state index contributed by atoms with van der Waals surface area (Å²) in [6, 6.07) is 5.70. The maximum atomic E-state index is 12.6. The molecule has 0 radical (unpaired) electrons. The third kappa shape index (κ3) is 3.16. The first-order valence-electron chi connectivity index (χ1n) is 5.15. The molecule has 100 valence electrons. The van der Waals surface area contributed by atoms with Gasteiger partial charge in [0.05, 0.1) is 5.69 Å². The molecule has 2 rings (SSSR count). The van der Waals surface area contributed by atoms with Crippen LogP contribution in [0.2, 0.25) is 10.3 Å². The van der Waals surface area contributed by atoms with Crippen molar-refractivity contribution in [3.05, 3.63) is 45.8 Å². The number of alkyl halides is 3. The number of rotatable bonds is 1. The predicted molar refractivity (Wildman–Crippen MR) is 67.2 cm³/mol. The topological polar surface area (TPSA) is 25.8 Å². The van der Waals surface area contributed by atoms with Crippen LogP contribution in [-0.4, -0.2) is 9.97 Å². The number of aromatic nitrogens is 2. The SMILES string of the molecule is Cc1ccc(-c2cc(C(F)(F)F)nc(Cl)n2)cc1Cl. The summed E-state index contributed by atoms with van der Waals surface area (Å²) < 4.78 is 37.9. The Labute approximate surface area is 117 Å². The molecule has 0 aliphatic rings. The highest BCUT2D eigenvalue weighted by molar-refractivity contribution is 6.31. The molecule has 0 amide bonds. The maximum absolute atomic E-state index is 12.6. The Morgan fingerprint density at radius 2 is 1.74 bits per heavy atom. The van der Waals surface area contributed by atoms with Gasteiger partial charge in [-0.05, 0) is 36.2 Å². The van der Waals surface area contributed by atoms with Gasteiger partial charge in [0.1, 0.15) is 5.69 Å². The zero-order valence-electron chi connectivity index (χ0n) is 9.59. The summed E-state index contributed by atoms with van der Waals surface area (Å²) in [6.45, 7) is 1.79. The summed E-state index contributed by atoms with van der Waals surface area (Å²) in [5.41, 5.74) is 0.264. The van der Waals surface area contributed by atoms with Gasteiger partial charge in [-0.3, -0.25) is 0 Å². The van der Waals surface area contributed by atoms with E-state index >= 15 is 0 Å². The molecular weight excluding hydrogens is 300 g/mol. The number of nitrogens with zero attached hydrogens (tertiary/aromatic N) is 2. The van der Waals surface area contributed by atoms with Crippen molar-refractivity contribution in [2.24, 2.45) is 0 Å². The molecule has 0 spiro atoms. The number of aryl methyl sites for hydroxylation is 1. The lowest BCUT2D eigenvalue weighted by molar-refractivity contribution is -0.141. The summed E-state index contributed by atoms with van der Waals surface area (Å²) in [5.74, 6) is 0. The summed E-state index contributed by atoms with van der Waals surface area (Å²) in [7, 11) is 0. The van der Waals surface area contributed by atoms with Gasteiger partial charge in [-0.25, -0.2) is 9.97 Å². The minimum atomic E-state index is -4.57. The van der Waals surface area contributed by atoms with Crippen LogP contribution in [0.4, 0.5) is 13.2 Å². The second-order valence-corrected chi connectivity index (χ2v) is 4.61. The molecule has 19 heavy (non-hydrogen) atoms. The van der Waals surface area contributed by atoms with Crippen LogP contribution < -0.4 is 0 Å². The largest absolute Gasteiger partial charge is 0.433 e. The van der Waals surface area contributed by atoms with Crippen LogP contribution in [0.1, 0.15) is 11.3 Å². The Balaban J connectivity index is 2.56. The first-order valence-corrected chi connectivity index (χ1v) is 5.91. The Hall–Kier alpha value is -1.33. The van der Waals surface area contributed by atoms with E-state index in [0.29, 0.717) is 10.6 Å². The van der Waals surface area contributed by atoms with Crippen molar-refractivity contribution in [2.45, 2.75) is 13.1 Å². The molecule has 2 aromatic rings. The van der Waals surface area contributed by atoms with Crippen molar-refractivity contribution < 1.29 is 13.2 Å². The standard InChI is InChI=1S/C12H7Cl2F3N2/c1-6-2-3-7(4-8(6)13)9-5-10(12(15,16)17)19-11(14)18-9/h2-5H,1H3.